The van der Waals surface area contributed by atoms with E-state index in [0.717, 1.165) is 10.9 Å². The molecular weight excluding hydrogens is 294 g/mol. The topological polar surface area (TPSA) is 80.3 Å². The molecule has 2 aromatic rings. The third-order valence-electron chi connectivity index (χ3n) is 3.32. The van der Waals surface area contributed by atoms with E-state index in [1.165, 1.54) is 0 Å². The van der Waals surface area contributed by atoms with Crippen molar-refractivity contribution in [2.45, 2.75) is 26.8 Å². The standard InChI is InChI=1S/C17H21N3O3/c1-10(2)19-16(21)9-18-17(22)14-7-12-5-6-13(23-4)8-15(12)20-11(14)3/h5-8,10H,9H2,1-4H3,(H,18,22)(H,19,21). The maximum absolute atomic E-state index is 12.3. The number of carbonyl (C=O) groups excluding carboxylic acids is 2. The van der Waals surface area contributed by atoms with Gasteiger partial charge in [-0.25, -0.2) is 0 Å². The SMILES string of the molecule is COc1ccc2cc(C(=O)NCC(=O)NC(C)C)c(C)nc2c1. The van der Waals surface area contributed by atoms with Crippen molar-refractivity contribution in [3.63, 3.8) is 0 Å². The van der Waals surface area contributed by atoms with E-state index >= 15 is 0 Å². The Morgan fingerprint density at radius 3 is 2.65 bits per heavy atom. The minimum atomic E-state index is -0.313. The number of carbonyl (C=O) groups is 2. The van der Waals surface area contributed by atoms with E-state index in [-0.39, 0.29) is 24.4 Å². The fourth-order valence-electron chi connectivity index (χ4n) is 2.23. The van der Waals surface area contributed by atoms with Crippen LogP contribution < -0.4 is 15.4 Å². The highest BCUT2D eigenvalue weighted by Crippen LogP contribution is 2.21. The fraction of sp³-hybridized carbons (Fsp3) is 0.353. The molecule has 6 heteroatoms. The van der Waals surface area contributed by atoms with E-state index < -0.39 is 0 Å². The van der Waals surface area contributed by atoms with Crippen molar-refractivity contribution in [3.8, 4) is 5.75 Å². The van der Waals surface area contributed by atoms with E-state index in [4.69, 9.17) is 4.74 Å². The number of ether oxygens (including phenoxy) is 1. The molecule has 1 heterocycles. The van der Waals surface area contributed by atoms with Crippen molar-refractivity contribution in [3.05, 3.63) is 35.5 Å². The number of nitrogens with one attached hydrogen (secondary N) is 2. The number of nitrogens with zero attached hydrogens (tertiary/aromatic N) is 1. The van der Waals surface area contributed by atoms with Crippen LogP contribution >= 0.6 is 0 Å². The largest absolute Gasteiger partial charge is 0.497 e. The minimum Gasteiger partial charge on any atom is -0.497 e. The van der Waals surface area contributed by atoms with Crippen LogP contribution in [0.1, 0.15) is 29.9 Å². The van der Waals surface area contributed by atoms with Crippen LogP contribution in [0, 0.1) is 6.92 Å². The van der Waals surface area contributed by atoms with Crippen LogP contribution in [0.15, 0.2) is 24.3 Å². The summed E-state index contributed by atoms with van der Waals surface area (Å²) in [6, 6.07) is 7.30. The Bertz CT molecular complexity index is 741. The molecule has 0 bridgehead atoms. The van der Waals surface area contributed by atoms with Crippen LogP contribution in [0.5, 0.6) is 5.75 Å². The lowest BCUT2D eigenvalue weighted by Gasteiger charge is -2.11. The Kier molecular flexibility index (Phi) is 5.16. The van der Waals surface area contributed by atoms with Gasteiger partial charge in [-0.15, -0.1) is 0 Å². The number of rotatable bonds is 5. The summed E-state index contributed by atoms with van der Waals surface area (Å²) >= 11 is 0. The van der Waals surface area contributed by atoms with Gasteiger partial charge in [-0.3, -0.25) is 14.6 Å². The predicted molar refractivity (Wildman–Crippen MR) is 88.6 cm³/mol. The number of amides is 2. The number of pyridine rings is 1. The summed E-state index contributed by atoms with van der Waals surface area (Å²) in [7, 11) is 1.60. The molecule has 0 atom stereocenters. The van der Waals surface area contributed by atoms with Gasteiger partial charge in [0.25, 0.3) is 5.91 Å². The molecule has 0 fully saturated rings. The smallest absolute Gasteiger partial charge is 0.253 e. The van der Waals surface area contributed by atoms with E-state index in [2.05, 4.69) is 15.6 Å². The number of aryl methyl sites for hydroxylation is 1. The molecule has 6 nitrogen and oxygen atoms in total. The van der Waals surface area contributed by atoms with Crippen molar-refractivity contribution >= 4 is 22.7 Å². The molecule has 0 aliphatic rings. The zero-order valence-corrected chi connectivity index (χ0v) is 13.8. The molecule has 1 aromatic carbocycles. The zero-order valence-electron chi connectivity index (χ0n) is 13.8. The Labute approximate surface area is 135 Å². The first-order valence-corrected chi connectivity index (χ1v) is 7.43. The lowest BCUT2D eigenvalue weighted by atomic mass is 10.1. The van der Waals surface area contributed by atoms with Gasteiger partial charge in [-0.05, 0) is 39.0 Å². The molecule has 0 spiro atoms. The van der Waals surface area contributed by atoms with Gasteiger partial charge < -0.3 is 15.4 Å². The van der Waals surface area contributed by atoms with Gasteiger partial charge in [-0.2, -0.15) is 0 Å². The number of methoxy groups -OCH3 is 1. The maximum atomic E-state index is 12.3. The third-order valence-corrected chi connectivity index (χ3v) is 3.32. The first kappa shape index (κ1) is 16.7. The van der Waals surface area contributed by atoms with Gasteiger partial charge in [0.2, 0.25) is 5.91 Å². The molecule has 2 N–H and O–H groups in total. The molecule has 122 valence electrons. The Morgan fingerprint density at radius 2 is 2.00 bits per heavy atom. The number of benzene rings is 1. The summed E-state index contributed by atoms with van der Waals surface area (Å²) in [6.07, 6.45) is 0. The molecule has 0 unspecified atom stereocenters. The second-order valence-corrected chi connectivity index (χ2v) is 5.58. The first-order chi connectivity index (χ1) is 10.9. The molecule has 2 amide bonds. The van der Waals surface area contributed by atoms with Crippen molar-refractivity contribution in [2.24, 2.45) is 0 Å². The van der Waals surface area contributed by atoms with Crippen LogP contribution in [0.4, 0.5) is 0 Å². The molecule has 0 radical (unpaired) electrons. The van der Waals surface area contributed by atoms with Gasteiger partial charge in [0.1, 0.15) is 5.75 Å². The molecule has 1 aromatic heterocycles. The lowest BCUT2D eigenvalue weighted by molar-refractivity contribution is -0.120. The maximum Gasteiger partial charge on any atom is 0.253 e. The average Bonchev–Trinajstić information content (AvgIpc) is 2.50. The van der Waals surface area contributed by atoms with Crippen LogP contribution in [-0.4, -0.2) is 36.5 Å². The van der Waals surface area contributed by atoms with Crippen molar-refractivity contribution in [1.82, 2.24) is 15.6 Å². The van der Waals surface area contributed by atoms with Crippen LogP contribution in [0.3, 0.4) is 0 Å². The van der Waals surface area contributed by atoms with Crippen molar-refractivity contribution < 1.29 is 14.3 Å². The van der Waals surface area contributed by atoms with Crippen molar-refractivity contribution in [2.75, 3.05) is 13.7 Å². The monoisotopic (exact) mass is 315 g/mol. The molecule has 2 rings (SSSR count). The normalized spacial score (nSPS) is 10.7. The zero-order chi connectivity index (χ0) is 17.0. The van der Waals surface area contributed by atoms with Crippen molar-refractivity contribution in [1.29, 1.82) is 0 Å². The molecule has 0 saturated heterocycles. The van der Waals surface area contributed by atoms with Crippen LogP contribution in [0.2, 0.25) is 0 Å². The van der Waals surface area contributed by atoms with E-state index in [1.54, 1.807) is 20.1 Å². The number of hydrogen-bond donors (Lipinski definition) is 2. The summed E-state index contributed by atoms with van der Waals surface area (Å²) < 4.78 is 5.17. The second-order valence-electron chi connectivity index (χ2n) is 5.58. The van der Waals surface area contributed by atoms with E-state index in [9.17, 15) is 9.59 Å². The van der Waals surface area contributed by atoms with Crippen LogP contribution in [0.25, 0.3) is 10.9 Å². The first-order valence-electron chi connectivity index (χ1n) is 7.43. The molecule has 0 aliphatic carbocycles. The highest BCUT2D eigenvalue weighted by atomic mass is 16.5. The molecule has 0 aliphatic heterocycles. The second kappa shape index (κ2) is 7.09. The van der Waals surface area contributed by atoms with E-state index in [1.807, 2.05) is 32.0 Å². The molecule has 0 saturated carbocycles. The fourth-order valence-corrected chi connectivity index (χ4v) is 2.23. The lowest BCUT2D eigenvalue weighted by Crippen LogP contribution is -2.40. The van der Waals surface area contributed by atoms with Gasteiger partial charge >= 0.3 is 0 Å². The molecule has 23 heavy (non-hydrogen) atoms. The highest BCUT2D eigenvalue weighted by Gasteiger charge is 2.13. The number of hydrogen-bond acceptors (Lipinski definition) is 4. The quantitative estimate of drug-likeness (QED) is 0.882. The number of fused-ring (bicyclic) bond motifs is 1. The Morgan fingerprint density at radius 1 is 1.26 bits per heavy atom. The van der Waals surface area contributed by atoms with Gasteiger partial charge in [0, 0.05) is 17.5 Å². The Balaban J connectivity index is 2.17. The average molecular weight is 315 g/mol. The summed E-state index contributed by atoms with van der Waals surface area (Å²) in [5.74, 6) is 0.183. The van der Waals surface area contributed by atoms with E-state index in [0.29, 0.717) is 17.0 Å². The summed E-state index contributed by atoms with van der Waals surface area (Å²) in [6.45, 7) is 5.44. The summed E-state index contributed by atoms with van der Waals surface area (Å²) in [4.78, 5) is 28.3. The minimum absolute atomic E-state index is 0.0402. The highest BCUT2D eigenvalue weighted by molar-refractivity contribution is 6.00. The number of aromatic nitrogens is 1. The predicted octanol–water partition coefficient (Wildman–Crippen LogP) is 1.81. The van der Waals surface area contributed by atoms with Gasteiger partial charge in [0.05, 0.1) is 30.4 Å². The summed E-state index contributed by atoms with van der Waals surface area (Å²) in [5, 5.41) is 6.18. The summed E-state index contributed by atoms with van der Waals surface area (Å²) in [5.41, 5.74) is 1.82. The van der Waals surface area contributed by atoms with Crippen LogP contribution in [-0.2, 0) is 4.79 Å². The Hall–Kier alpha value is -2.63. The third kappa shape index (κ3) is 4.18. The molecular formula is C17H21N3O3. The van der Waals surface area contributed by atoms with Gasteiger partial charge in [0.15, 0.2) is 0 Å². The van der Waals surface area contributed by atoms with Gasteiger partial charge in [-0.1, -0.05) is 0 Å².